The van der Waals surface area contributed by atoms with Crippen molar-refractivity contribution in [1.82, 2.24) is 0 Å². The van der Waals surface area contributed by atoms with Crippen molar-refractivity contribution in [3.05, 3.63) is 78.4 Å². The lowest BCUT2D eigenvalue weighted by atomic mass is 10.2. The van der Waals surface area contributed by atoms with Crippen molar-refractivity contribution in [2.45, 2.75) is 24.5 Å². The number of ether oxygens (including phenoxy) is 1. The number of aryl methyl sites for hydroxylation is 1. The first-order valence-electron chi connectivity index (χ1n) is 7.59. The molecule has 5 heteroatoms. The van der Waals surface area contributed by atoms with Gasteiger partial charge in [0.25, 0.3) is 0 Å². The molecule has 0 bridgehead atoms. The van der Waals surface area contributed by atoms with Crippen molar-refractivity contribution >= 4 is 17.2 Å². The van der Waals surface area contributed by atoms with Crippen molar-refractivity contribution in [2.75, 3.05) is 5.75 Å². The van der Waals surface area contributed by atoms with Gasteiger partial charge < -0.3 is 14.9 Å². The van der Waals surface area contributed by atoms with Gasteiger partial charge in [-0.15, -0.1) is 6.58 Å². The van der Waals surface area contributed by atoms with Crippen LogP contribution in [-0.4, -0.2) is 23.0 Å². The minimum Gasteiger partial charge on any atom is -0.592 e. The molecule has 0 aliphatic carbocycles. The second kappa shape index (κ2) is 9.15. The largest absolute Gasteiger partial charge is 0.592 e. The van der Waals surface area contributed by atoms with Crippen molar-refractivity contribution in [2.24, 2.45) is 4.40 Å². The van der Waals surface area contributed by atoms with E-state index in [9.17, 15) is 10.2 Å². The van der Waals surface area contributed by atoms with Crippen molar-refractivity contribution in [3.63, 3.8) is 0 Å². The van der Waals surface area contributed by atoms with E-state index in [0.29, 0.717) is 5.75 Å². The number of rotatable bonds is 7. The lowest BCUT2D eigenvalue weighted by Gasteiger charge is -2.13. The van der Waals surface area contributed by atoms with Crippen LogP contribution in [0.1, 0.15) is 11.1 Å². The van der Waals surface area contributed by atoms with Gasteiger partial charge in [0.15, 0.2) is 21.7 Å². The van der Waals surface area contributed by atoms with Crippen molar-refractivity contribution in [1.29, 1.82) is 0 Å². The van der Waals surface area contributed by atoms with Gasteiger partial charge in [-0.25, -0.2) is 0 Å². The van der Waals surface area contributed by atoms with Crippen molar-refractivity contribution in [3.8, 4) is 0 Å². The van der Waals surface area contributed by atoms with E-state index in [0.717, 1.165) is 16.0 Å². The van der Waals surface area contributed by atoms with Gasteiger partial charge in [0.05, 0.1) is 0 Å². The molecule has 1 unspecified atom stereocenters. The minimum atomic E-state index is -0.785. The van der Waals surface area contributed by atoms with Crippen LogP contribution in [0.3, 0.4) is 0 Å². The molecule has 24 heavy (non-hydrogen) atoms. The molecule has 2 atom stereocenters. The summed E-state index contributed by atoms with van der Waals surface area (Å²) in [5, 5.41) is 21.9. The molecule has 0 radical (unpaired) electrons. The predicted molar refractivity (Wildman–Crippen MR) is 96.5 cm³/mol. The number of benzene rings is 2. The molecule has 0 saturated carbocycles. The van der Waals surface area contributed by atoms with Crippen LogP contribution in [0.25, 0.3) is 0 Å². The Bertz CT molecular complexity index is 671. The maximum Gasteiger partial charge on any atom is 0.205 e. The van der Waals surface area contributed by atoms with Crippen LogP contribution in [-0.2, 0) is 22.4 Å². The lowest BCUT2D eigenvalue weighted by Crippen LogP contribution is -2.26. The highest BCUT2D eigenvalue weighted by Gasteiger charge is 2.25. The van der Waals surface area contributed by atoms with Crippen molar-refractivity contribution < 1.29 is 14.9 Å². The fraction of sp³-hybridized carbons (Fsp3) is 0.211. The van der Waals surface area contributed by atoms with Gasteiger partial charge in [0, 0.05) is 6.61 Å². The van der Waals surface area contributed by atoms with Crippen LogP contribution in [0.15, 0.2) is 76.5 Å². The summed E-state index contributed by atoms with van der Waals surface area (Å²) in [7, 11) is 0. The molecule has 2 aromatic rings. The van der Waals surface area contributed by atoms with Gasteiger partial charge in [0.2, 0.25) is 6.08 Å². The molecule has 2 aromatic carbocycles. The van der Waals surface area contributed by atoms with E-state index < -0.39 is 23.3 Å². The molecule has 126 valence electrons. The summed E-state index contributed by atoms with van der Waals surface area (Å²) in [4.78, 5) is 0.887. The van der Waals surface area contributed by atoms with Gasteiger partial charge >= 0.3 is 0 Å². The van der Waals surface area contributed by atoms with E-state index in [1.165, 1.54) is 6.08 Å². The quantitative estimate of drug-likeness (QED) is 0.363. The highest BCUT2D eigenvalue weighted by atomic mass is 32.2. The summed E-state index contributed by atoms with van der Waals surface area (Å²) in [5.74, 6) is 0.312. The molecule has 0 heterocycles. The van der Waals surface area contributed by atoms with E-state index in [2.05, 4.69) is 11.0 Å². The Labute approximate surface area is 145 Å². The number of hydrogen-bond acceptors (Lipinski definition) is 4. The molecule has 0 fully saturated rings. The summed E-state index contributed by atoms with van der Waals surface area (Å²) in [6.45, 7) is 5.74. The first kappa shape index (κ1) is 18.1. The molecule has 0 aromatic heterocycles. The highest BCUT2D eigenvalue weighted by molar-refractivity contribution is 7.95. The van der Waals surface area contributed by atoms with Gasteiger partial charge in [-0.05, 0) is 29.0 Å². The van der Waals surface area contributed by atoms with E-state index in [-0.39, 0.29) is 6.61 Å². The van der Waals surface area contributed by atoms with Crippen LogP contribution < -0.4 is 5.11 Å². The van der Waals surface area contributed by atoms with Gasteiger partial charge in [-0.1, -0.05) is 54.1 Å². The fourth-order valence-corrected chi connectivity index (χ4v) is 3.46. The molecule has 0 aliphatic rings. The third kappa shape index (κ3) is 5.76. The summed E-state index contributed by atoms with van der Waals surface area (Å²) >= 11 is -0.785. The molecule has 4 nitrogen and oxygen atoms in total. The topological polar surface area (TPSA) is 64.9 Å². The summed E-state index contributed by atoms with van der Waals surface area (Å²) in [5.41, 5.74) is 2.03. The Kier molecular flexibility index (Phi) is 6.90. The standard InChI is InChI=1S/C19H21NO3S/c1-3-17(21)14-24(18-11-9-15(2)10-12-18)20-19(22)23-13-16-7-5-4-6-8-16/h3-12,17,21H,1,13-14H2,2H3/t17-,24?/m0/s1. The third-order valence-electron chi connectivity index (χ3n) is 3.28. The Morgan fingerprint density at radius 1 is 1.25 bits per heavy atom. The zero-order valence-electron chi connectivity index (χ0n) is 13.6. The van der Waals surface area contributed by atoms with Crippen LogP contribution in [0.5, 0.6) is 0 Å². The monoisotopic (exact) mass is 343 g/mol. The molecule has 0 aliphatic heterocycles. The summed E-state index contributed by atoms with van der Waals surface area (Å²) in [6.07, 6.45) is 0.0956. The number of hydrogen-bond donors (Lipinski definition) is 1. The Hall–Kier alpha value is -2.24. The van der Waals surface area contributed by atoms with E-state index in [1.807, 2.05) is 61.5 Å². The predicted octanol–water partition coefficient (Wildman–Crippen LogP) is 2.37. The SMILES string of the molecule is C=C[C@H](O)C[S+](/N=C(\[O-])OCc1ccccc1)c1ccc(C)cc1. The number of aliphatic hydroxyl groups is 1. The Morgan fingerprint density at radius 3 is 2.54 bits per heavy atom. The molecule has 0 spiro atoms. The minimum absolute atomic E-state index is 0.179. The fourth-order valence-electron chi connectivity index (χ4n) is 1.95. The lowest BCUT2D eigenvalue weighted by molar-refractivity contribution is -0.251. The summed E-state index contributed by atoms with van der Waals surface area (Å²) in [6, 6.07) is 17.2. The molecule has 0 amide bonds. The number of aliphatic hydroxyl groups excluding tert-OH is 1. The first-order valence-corrected chi connectivity index (χ1v) is 8.94. The average molecular weight is 343 g/mol. The summed E-state index contributed by atoms with van der Waals surface area (Å²) < 4.78 is 9.35. The maximum absolute atomic E-state index is 12.0. The average Bonchev–Trinajstić information content (AvgIpc) is 2.61. The molecular weight excluding hydrogens is 322 g/mol. The van der Waals surface area contributed by atoms with E-state index in [1.54, 1.807) is 0 Å². The van der Waals surface area contributed by atoms with Gasteiger partial charge in [0.1, 0.15) is 6.10 Å². The smallest absolute Gasteiger partial charge is 0.205 e. The molecule has 1 N–H and O–H groups in total. The van der Waals surface area contributed by atoms with Crippen LogP contribution in [0.2, 0.25) is 0 Å². The molecule has 2 rings (SSSR count). The van der Waals surface area contributed by atoms with Gasteiger partial charge in [-0.3, -0.25) is 0 Å². The van der Waals surface area contributed by atoms with E-state index in [4.69, 9.17) is 4.74 Å². The zero-order valence-corrected chi connectivity index (χ0v) is 14.4. The normalized spacial score (nSPS) is 14.0. The first-order chi connectivity index (χ1) is 11.6. The number of nitrogens with zero attached hydrogens (tertiary/aromatic N) is 1. The van der Waals surface area contributed by atoms with Gasteiger partial charge in [-0.2, -0.15) is 0 Å². The Balaban J connectivity index is 2.10. The van der Waals surface area contributed by atoms with Crippen LogP contribution >= 0.6 is 0 Å². The van der Waals surface area contributed by atoms with Crippen LogP contribution in [0, 0.1) is 6.92 Å². The highest BCUT2D eigenvalue weighted by Crippen LogP contribution is 2.18. The van der Waals surface area contributed by atoms with E-state index >= 15 is 0 Å². The van der Waals surface area contributed by atoms with Crippen LogP contribution in [0.4, 0.5) is 0 Å². The molecule has 0 saturated heterocycles. The third-order valence-corrected chi connectivity index (χ3v) is 5.13. The zero-order chi connectivity index (χ0) is 17.4. The second-order valence-corrected chi connectivity index (χ2v) is 7.00. The Morgan fingerprint density at radius 2 is 1.92 bits per heavy atom. The molecular formula is C19H21NO3S. The maximum atomic E-state index is 12.0. The second-order valence-electron chi connectivity index (χ2n) is 5.28.